The lowest BCUT2D eigenvalue weighted by molar-refractivity contribution is 0.669. The molecule has 6 nitrogen and oxygen atoms in total. The van der Waals surface area contributed by atoms with Gasteiger partial charge in [0.05, 0.1) is 22.1 Å². The summed E-state index contributed by atoms with van der Waals surface area (Å²) >= 11 is 0. The molecule has 4 aromatic heterocycles. The normalized spacial score (nSPS) is 12.0. The molecule has 0 aliphatic rings. The second kappa shape index (κ2) is 13.8. The predicted molar refractivity (Wildman–Crippen MR) is 265 cm³/mol. The summed E-state index contributed by atoms with van der Waals surface area (Å²) in [7, 11) is 0. The van der Waals surface area contributed by atoms with Crippen molar-refractivity contribution in [2.24, 2.45) is 0 Å². The zero-order chi connectivity index (χ0) is 42.6. The average Bonchev–Trinajstić information content (AvgIpc) is 4.05. The minimum atomic E-state index is 0.542. The quantitative estimate of drug-likeness (QED) is 0.173. The molecule has 0 amide bonds. The fourth-order valence-electron chi connectivity index (χ4n) is 9.95. The van der Waals surface area contributed by atoms with E-state index in [0.717, 1.165) is 115 Å². The lowest BCUT2D eigenvalue weighted by Gasteiger charge is -2.16. The molecule has 0 N–H and O–H groups in total. The number of furan rings is 2. The molecule has 0 radical (unpaired) electrons. The van der Waals surface area contributed by atoms with Crippen molar-refractivity contribution in [1.82, 2.24) is 19.5 Å². The Kier molecular flexibility index (Phi) is 7.59. The number of hydrogen-bond donors (Lipinski definition) is 0. The van der Waals surface area contributed by atoms with E-state index in [9.17, 15) is 0 Å². The summed E-state index contributed by atoms with van der Waals surface area (Å²) in [4.78, 5) is 16.1. The van der Waals surface area contributed by atoms with E-state index in [4.69, 9.17) is 23.8 Å². The average molecular weight is 831 g/mol. The largest absolute Gasteiger partial charge is 0.456 e. The highest BCUT2D eigenvalue weighted by Crippen LogP contribution is 2.45. The molecular weight excluding hydrogens is 797 g/mol. The predicted octanol–water partition coefficient (Wildman–Crippen LogP) is 15.7. The van der Waals surface area contributed by atoms with Crippen LogP contribution >= 0.6 is 0 Å². The first kappa shape index (κ1) is 35.7. The lowest BCUT2D eigenvalue weighted by Crippen LogP contribution is -2.04. The van der Waals surface area contributed by atoms with Crippen LogP contribution in [-0.4, -0.2) is 19.5 Å². The summed E-state index contributed by atoms with van der Waals surface area (Å²) in [6.45, 7) is 0. The molecule has 6 heteroatoms. The van der Waals surface area contributed by atoms with Crippen molar-refractivity contribution in [1.29, 1.82) is 0 Å². The van der Waals surface area contributed by atoms with Crippen LogP contribution in [0.4, 0.5) is 0 Å². The maximum absolute atomic E-state index is 6.91. The number of benzene rings is 10. The number of rotatable bonds is 5. The van der Waals surface area contributed by atoms with Crippen molar-refractivity contribution >= 4 is 87.2 Å². The topological polar surface area (TPSA) is 69.9 Å². The summed E-state index contributed by atoms with van der Waals surface area (Å²) in [5, 5.41) is 11.0. The molecular formula is C59H34N4O2. The molecule has 4 heterocycles. The van der Waals surface area contributed by atoms with Gasteiger partial charge in [0.25, 0.3) is 0 Å². The van der Waals surface area contributed by atoms with E-state index in [2.05, 4.69) is 180 Å². The first-order chi connectivity index (χ1) is 32.2. The van der Waals surface area contributed by atoms with Gasteiger partial charge in [-0.3, -0.25) is 0 Å². The number of para-hydroxylation sites is 2. The Hall–Kier alpha value is -8.87. The van der Waals surface area contributed by atoms with Crippen LogP contribution in [0.1, 0.15) is 0 Å². The molecule has 0 bridgehead atoms. The molecule has 65 heavy (non-hydrogen) atoms. The standard InChI is InChI=1S/C59H34N4O2/c1-2-12-35(13-3-1)36-22-24-38(25-23-36)57-60-58(41-27-28-45-44-19-9-11-21-51(44)64-53(45)34-41)62-59(61-57)47-30-31-52-54(46-29-26-37-14-6-7-17-42(37)56(46)65-52)55(47)63-49-20-10-8-18-43(49)48-32-39-15-4-5-16-40(39)33-50(48)63/h1-34H. The molecule has 0 aliphatic carbocycles. The number of aromatic nitrogens is 4. The summed E-state index contributed by atoms with van der Waals surface area (Å²) in [5.41, 5.74) is 11.1. The van der Waals surface area contributed by atoms with Gasteiger partial charge in [-0.2, -0.15) is 0 Å². The van der Waals surface area contributed by atoms with Crippen LogP contribution in [0.25, 0.3) is 138 Å². The Bertz CT molecular complexity index is 4240. The molecule has 14 aromatic rings. The first-order valence-corrected chi connectivity index (χ1v) is 21.8. The van der Waals surface area contributed by atoms with E-state index < -0.39 is 0 Å². The Morgan fingerprint density at radius 1 is 0.323 bits per heavy atom. The fourth-order valence-corrected chi connectivity index (χ4v) is 9.95. The van der Waals surface area contributed by atoms with Gasteiger partial charge in [-0.25, -0.2) is 15.0 Å². The van der Waals surface area contributed by atoms with E-state index in [-0.39, 0.29) is 0 Å². The molecule has 0 saturated carbocycles. The van der Waals surface area contributed by atoms with Gasteiger partial charge in [0.1, 0.15) is 22.3 Å². The van der Waals surface area contributed by atoms with Crippen LogP contribution in [0.3, 0.4) is 0 Å². The number of fused-ring (bicyclic) bond motifs is 12. The number of nitrogens with zero attached hydrogens (tertiary/aromatic N) is 4. The van der Waals surface area contributed by atoms with Crippen LogP contribution in [0.5, 0.6) is 0 Å². The van der Waals surface area contributed by atoms with Crippen LogP contribution in [-0.2, 0) is 0 Å². The summed E-state index contributed by atoms with van der Waals surface area (Å²) in [5.74, 6) is 1.65. The zero-order valence-corrected chi connectivity index (χ0v) is 34.7. The molecule has 14 rings (SSSR count). The third-order valence-electron chi connectivity index (χ3n) is 13.0. The highest BCUT2D eigenvalue weighted by atomic mass is 16.3. The van der Waals surface area contributed by atoms with Crippen molar-refractivity contribution in [2.45, 2.75) is 0 Å². The van der Waals surface area contributed by atoms with Gasteiger partial charge in [0.2, 0.25) is 0 Å². The monoisotopic (exact) mass is 830 g/mol. The first-order valence-electron chi connectivity index (χ1n) is 21.8. The third-order valence-corrected chi connectivity index (χ3v) is 13.0. The summed E-state index contributed by atoms with van der Waals surface area (Å²) in [6.07, 6.45) is 0. The Labute approximate surface area is 371 Å². The van der Waals surface area contributed by atoms with E-state index in [1.807, 2.05) is 30.3 Å². The molecule has 10 aromatic carbocycles. The second-order valence-corrected chi connectivity index (χ2v) is 16.7. The highest BCUT2D eigenvalue weighted by Gasteiger charge is 2.25. The highest BCUT2D eigenvalue weighted by molar-refractivity contribution is 6.21. The van der Waals surface area contributed by atoms with Crippen LogP contribution in [0.2, 0.25) is 0 Å². The van der Waals surface area contributed by atoms with E-state index in [1.54, 1.807) is 0 Å². The van der Waals surface area contributed by atoms with E-state index in [1.165, 1.54) is 5.39 Å². The minimum Gasteiger partial charge on any atom is -0.456 e. The van der Waals surface area contributed by atoms with Crippen molar-refractivity contribution in [3.8, 4) is 51.0 Å². The SMILES string of the molecule is c1ccc(-c2ccc(-c3nc(-c4ccc5c(c4)oc4ccccc45)nc(-c4ccc5oc6c7ccccc7ccc6c5c4-n4c5ccccc5c5cc6ccccc6cc54)n3)cc2)cc1. The molecule has 0 atom stereocenters. The maximum atomic E-state index is 6.91. The van der Waals surface area contributed by atoms with E-state index in [0.29, 0.717) is 17.5 Å². The third kappa shape index (κ3) is 5.51. The van der Waals surface area contributed by atoms with Gasteiger partial charge in [-0.05, 0) is 81.9 Å². The Balaban J connectivity index is 1.09. The van der Waals surface area contributed by atoms with Gasteiger partial charge in [-0.15, -0.1) is 0 Å². The second-order valence-electron chi connectivity index (χ2n) is 16.7. The molecule has 302 valence electrons. The van der Waals surface area contributed by atoms with Gasteiger partial charge in [0, 0.05) is 49.0 Å². The summed E-state index contributed by atoms with van der Waals surface area (Å²) in [6, 6.07) is 72.1. The van der Waals surface area contributed by atoms with Crippen molar-refractivity contribution in [2.75, 3.05) is 0 Å². The van der Waals surface area contributed by atoms with Crippen LogP contribution in [0.15, 0.2) is 215 Å². The molecule has 0 aliphatic heterocycles. The number of hydrogen-bond acceptors (Lipinski definition) is 5. The lowest BCUT2D eigenvalue weighted by atomic mass is 10.0. The summed E-state index contributed by atoms with van der Waals surface area (Å²) < 4.78 is 15.7. The fraction of sp³-hybridized carbons (Fsp3) is 0. The molecule has 0 spiro atoms. The van der Waals surface area contributed by atoms with E-state index >= 15 is 0 Å². The van der Waals surface area contributed by atoms with Crippen LogP contribution < -0.4 is 0 Å². The Morgan fingerprint density at radius 3 is 1.78 bits per heavy atom. The molecule has 0 unspecified atom stereocenters. The zero-order valence-electron chi connectivity index (χ0n) is 34.7. The van der Waals surface area contributed by atoms with Gasteiger partial charge in [-0.1, -0.05) is 152 Å². The van der Waals surface area contributed by atoms with Crippen molar-refractivity contribution < 1.29 is 8.83 Å². The smallest absolute Gasteiger partial charge is 0.166 e. The Morgan fingerprint density at radius 2 is 0.938 bits per heavy atom. The maximum Gasteiger partial charge on any atom is 0.166 e. The molecule has 0 fully saturated rings. The van der Waals surface area contributed by atoms with Gasteiger partial charge >= 0.3 is 0 Å². The van der Waals surface area contributed by atoms with Gasteiger partial charge in [0.15, 0.2) is 17.5 Å². The minimum absolute atomic E-state index is 0.542. The van der Waals surface area contributed by atoms with Crippen LogP contribution in [0, 0.1) is 0 Å². The van der Waals surface area contributed by atoms with Gasteiger partial charge < -0.3 is 13.4 Å². The van der Waals surface area contributed by atoms with Crippen molar-refractivity contribution in [3.05, 3.63) is 206 Å². The molecule has 0 saturated heterocycles. The van der Waals surface area contributed by atoms with Crippen molar-refractivity contribution in [3.63, 3.8) is 0 Å².